The minimum atomic E-state index is -0.464. The molecule has 1 heterocycles. The molecular weight excluding hydrogens is 350 g/mol. The van der Waals surface area contributed by atoms with E-state index in [9.17, 15) is 19.7 Å². The van der Waals surface area contributed by atoms with E-state index in [1.165, 1.54) is 22.9 Å². The van der Waals surface area contributed by atoms with Crippen molar-refractivity contribution in [1.29, 1.82) is 0 Å². The smallest absolute Gasteiger partial charge is 0.269 e. The fraction of sp³-hybridized carbons (Fsp3) is 0.167. The van der Waals surface area contributed by atoms with Crippen LogP contribution >= 0.6 is 0 Å². The predicted octanol–water partition coefficient (Wildman–Crippen LogP) is 1.53. The van der Waals surface area contributed by atoms with Gasteiger partial charge >= 0.3 is 0 Å². The SMILES string of the molecule is O=C(Cn1c(=O)cnc2ccccc21)NCCNc1ccc([N+](=O)[O-])cc1. The Balaban J connectivity index is 1.53. The first-order valence-electron chi connectivity index (χ1n) is 8.24. The maximum atomic E-state index is 12.1. The van der Waals surface area contributed by atoms with Crippen LogP contribution in [0.4, 0.5) is 11.4 Å². The van der Waals surface area contributed by atoms with Crippen LogP contribution < -0.4 is 16.2 Å². The lowest BCUT2D eigenvalue weighted by molar-refractivity contribution is -0.384. The normalized spacial score (nSPS) is 10.5. The summed E-state index contributed by atoms with van der Waals surface area (Å²) in [4.78, 5) is 38.4. The van der Waals surface area contributed by atoms with Gasteiger partial charge in [0.2, 0.25) is 5.91 Å². The Bertz CT molecular complexity index is 1030. The Morgan fingerprint density at radius 2 is 1.85 bits per heavy atom. The fourth-order valence-corrected chi connectivity index (χ4v) is 2.59. The molecule has 0 bridgehead atoms. The number of non-ortho nitro benzene ring substituents is 1. The van der Waals surface area contributed by atoms with E-state index in [0.717, 1.165) is 0 Å². The third kappa shape index (κ3) is 4.46. The molecule has 0 fully saturated rings. The number of rotatable bonds is 7. The van der Waals surface area contributed by atoms with Gasteiger partial charge in [0.15, 0.2) is 0 Å². The number of aromatic nitrogens is 2. The van der Waals surface area contributed by atoms with Gasteiger partial charge in [0.1, 0.15) is 6.54 Å². The van der Waals surface area contributed by atoms with Crippen molar-refractivity contribution in [3.63, 3.8) is 0 Å². The molecule has 0 radical (unpaired) electrons. The zero-order chi connectivity index (χ0) is 19.2. The van der Waals surface area contributed by atoms with Crippen LogP contribution in [0.25, 0.3) is 11.0 Å². The second-order valence-electron chi connectivity index (χ2n) is 5.75. The van der Waals surface area contributed by atoms with Gasteiger partial charge in [0.25, 0.3) is 11.2 Å². The van der Waals surface area contributed by atoms with Crippen LogP contribution in [-0.4, -0.2) is 33.5 Å². The summed E-state index contributed by atoms with van der Waals surface area (Å²) in [5.41, 5.74) is 1.64. The van der Waals surface area contributed by atoms with Crippen LogP contribution in [0.2, 0.25) is 0 Å². The highest BCUT2D eigenvalue weighted by Gasteiger charge is 2.08. The van der Waals surface area contributed by atoms with Crippen LogP contribution in [0.1, 0.15) is 0 Å². The zero-order valence-corrected chi connectivity index (χ0v) is 14.3. The van der Waals surface area contributed by atoms with Gasteiger partial charge in [-0.2, -0.15) is 0 Å². The first-order chi connectivity index (χ1) is 13.0. The Hall–Kier alpha value is -3.75. The summed E-state index contributed by atoms with van der Waals surface area (Å²) in [5.74, 6) is -0.293. The van der Waals surface area contributed by atoms with Crippen molar-refractivity contribution in [2.24, 2.45) is 0 Å². The van der Waals surface area contributed by atoms with Crippen LogP contribution in [0.5, 0.6) is 0 Å². The minimum Gasteiger partial charge on any atom is -0.383 e. The summed E-state index contributed by atoms with van der Waals surface area (Å²) in [6.07, 6.45) is 1.20. The number of amides is 1. The van der Waals surface area contributed by atoms with Crippen LogP contribution in [-0.2, 0) is 11.3 Å². The lowest BCUT2D eigenvalue weighted by Gasteiger charge is -2.11. The van der Waals surface area contributed by atoms with Gasteiger partial charge in [-0.15, -0.1) is 0 Å². The van der Waals surface area contributed by atoms with E-state index in [1.807, 2.05) is 6.07 Å². The molecule has 138 valence electrons. The number of para-hydroxylation sites is 2. The molecule has 0 atom stereocenters. The van der Waals surface area contributed by atoms with E-state index in [4.69, 9.17) is 0 Å². The Morgan fingerprint density at radius 3 is 2.59 bits per heavy atom. The zero-order valence-electron chi connectivity index (χ0n) is 14.3. The van der Waals surface area contributed by atoms with Crippen LogP contribution in [0.15, 0.2) is 59.5 Å². The lowest BCUT2D eigenvalue weighted by Crippen LogP contribution is -2.35. The highest BCUT2D eigenvalue weighted by atomic mass is 16.6. The number of nitrogens with one attached hydrogen (secondary N) is 2. The molecule has 0 aliphatic carbocycles. The van der Waals surface area contributed by atoms with Gasteiger partial charge < -0.3 is 10.6 Å². The standard InChI is InChI=1S/C18H17N5O4/c24-17(12-22-16-4-2-1-3-15(16)21-11-18(22)25)20-10-9-19-13-5-7-14(8-6-13)23(26)27/h1-8,11,19H,9-10,12H2,(H,20,24). The van der Waals surface area contributed by atoms with Gasteiger partial charge in [0.05, 0.1) is 22.2 Å². The highest BCUT2D eigenvalue weighted by Crippen LogP contribution is 2.14. The predicted molar refractivity (Wildman–Crippen MR) is 101 cm³/mol. The average Bonchev–Trinajstić information content (AvgIpc) is 2.68. The molecule has 1 aromatic heterocycles. The van der Waals surface area contributed by atoms with Crippen LogP contribution in [0.3, 0.4) is 0 Å². The molecule has 0 saturated carbocycles. The maximum Gasteiger partial charge on any atom is 0.269 e. The van der Waals surface area contributed by atoms with E-state index >= 15 is 0 Å². The number of nitrogens with zero attached hydrogens (tertiary/aromatic N) is 3. The second-order valence-corrected chi connectivity index (χ2v) is 5.75. The fourth-order valence-electron chi connectivity index (χ4n) is 2.59. The van der Waals surface area contributed by atoms with Crippen molar-refractivity contribution in [3.05, 3.63) is 75.2 Å². The molecular formula is C18H17N5O4. The van der Waals surface area contributed by atoms with Crippen molar-refractivity contribution in [3.8, 4) is 0 Å². The number of carbonyl (C=O) groups is 1. The number of carbonyl (C=O) groups excluding carboxylic acids is 1. The molecule has 9 heteroatoms. The number of benzene rings is 2. The number of hydrogen-bond donors (Lipinski definition) is 2. The quantitative estimate of drug-likeness (QED) is 0.371. The van der Waals surface area contributed by atoms with Gasteiger partial charge in [-0.3, -0.25) is 24.3 Å². The second kappa shape index (κ2) is 8.09. The molecule has 27 heavy (non-hydrogen) atoms. The molecule has 9 nitrogen and oxygen atoms in total. The topological polar surface area (TPSA) is 119 Å². The van der Waals surface area contributed by atoms with Gasteiger partial charge in [0, 0.05) is 30.9 Å². The van der Waals surface area contributed by atoms with E-state index in [-0.39, 0.29) is 23.7 Å². The van der Waals surface area contributed by atoms with E-state index in [0.29, 0.717) is 29.8 Å². The molecule has 0 unspecified atom stereocenters. The molecule has 3 rings (SSSR count). The summed E-state index contributed by atoms with van der Waals surface area (Å²) >= 11 is 0. The molecule has 0 spiro atoms. The van der Waals surface area contributed by atoms with Crippen molar-refractivity contribution < 1.29 is 9.72 Å². The minimum absolute atomic E-state index is 0.0175. The number of nitro benzene ring substituents is 1. The summed E-state index contributed by atoms with van der Waals surface area (Å²) < 4.78 is 1.38. The van der Waals surface area contributed by atoms with E-state index < -0.39 is 4.92 Å². The number of fused-ring (bicyclic) bond motifs is 1. The van der Waals surface area contributed by atoms with Gasteiger partial charge in [-0.25, -0.2) is 4.98 Å². The summed E-state index contributed by atoms with van der Waals surface area (Å²) in [6, 6.07) is 13.1. The van der Waals surface area contributed by atoms with E-state index in [2.05, 4.69) is 15.6 Å². The molecule has 0 saturated heterocycles. The van der Waals surface area contributed by atoms with E-state index in [1.54, 1.807) is 30.3 Å². The van der Waals surface area contributed by atoms with Crippen LogP contribution in [0, 0.1) is 10.1 Å². The Morgan fingerprint density at radius 1 is 1.11 bits per heavy atom. The molecule has 3 aromatic rings. The molecule has 2 N–H and O–H groups in total. The van der Waals surface area contributed by atoms with Crippen molar-refractivity contribution >= 4 is 28.3 Å². The maximum absolute atomic E-state index is 12.1. The summed E-state index contributed by atoms with van der Waals surface area (Å²) in [7, 11) is 0. The van der Waals surface area contributed by atoms with Crippen molar-refractivity contribution in [2.45, 2.75) is 6.54 Å². The monoisotopic (exact) mass is 367 g/mol. The number of anilines is 1. The third-order valence-electron chi connectivity index (χ3n) is 3.91. The Kier molecular flexibility index (Phi) is 5.41. The third-order valence-corrected chi connectivity index (χ3v) is 3.91. The Labute approximate surface area is 153 Å². The summed E-state index contributed by atoms with van der Waals surface area (Å²) in [5, 5.41) is 16.4. The molecule has 2 aromatic carbocycles. The van der Waals surface area contributed by atoms with Crippen molar-refractivity contribution in [1.82, 2.24) is 14.9 Å². The molecule has 0 aliphatic rings. The number of hydrogen-bond acceptors (Lipinski definition) is 6. The van der Waals surface area contributed by atoms with Gasteiger partial charge in [-0.1, -0.05) is 12.1 Å². The van der Waals surface area contributed by atoms with Gasteiger partial charge in [-0.05, 0) is 24.3 Å². The lowest BCUT2D eigenvalue weighted by atomic mass is 10.3. The highest BCUT2D eigenvalue weighted by molar-refractivity contribution is 5.79. The summed E-state index contributed by atoms with van der Waals surface area (Å²) in [6.45, 7) is 0.683. The average molecular weight is 367 g/mol. The molecule has 0 aliphatic heterocycles. The van der Waals surface area contributed by atoms with Crippen molar-refractivity contribution in [2.75, 3.05) is 18.4 Å². The molecule has 1 amide bonds. The number of nitro groups is 1. The first kappa shape index (κ1) is 18.1. The first-order valence-corrected chi connectivity index (χ1v) is 8.24. The largest absolute Gasteiger partial charge is 0.383 e.